The van der Waals surface area contributed by atoms with Gasteiger partial charge in [0.15, 0.2) is 0 Å². The van der Waals surface area contributed by atoms with E-state index in [4.69, 9.17) is 0 Å². The summed E-state index contributed by atoms with van der Waals surface area (Å²) in [5.41, 5.74) is 5.25. The zero-order valence-corrected chi connectivity index (χ0v) is 15.8. The Labute approximate surface area is 157 Å². The van der Waals surface area contributed by atoms with Crippen molar-refractivity contribution in [2.24, 2.45) is 5.10 Å². The number of hydrogen-bond acceptors (Lipinski definition) is 4. The molecule has 1 aromatic carbocycles. The Morgan fingerprint density at radius 2 is 1.58 bits per heavy atom. The summed E-state index contributed by atoms with van der Waals surface area (Å²) >= 11 is 0. The highest BCUT2D eigenvalue weighted by atomic mass is 16.2. The number of piperazine rings is 1. The lowest BCUT2D eigenvalue weighted by Crippen LogP contribution is -2.47. The summed E-state index contributed by atoms with van der Waals surface area (Å²) in [6.07, 6.45) is 8.97. The molecule has 5 nitrogen and oxygen atoms in total. The average molecular weight is 357 g/mol. The van der Waals surface area contributed by atoms with Gasteiger partial charge in [-0.15, -0.1) is 0 Å². The van der Waals surface area contributed by atoms with E-state index in [1.54, 1.807) is 0 Å². The van der Waals surface area contributed by atoms with Crippen LogP contribution in [0.4, 0.5) is 5.69 Å². The van der Waals surface area contributed by atoms with Gasteiger partial charge in [-0.2, -0.15) is 5.10 Å². The molecule has 1 amide bonds. The van der Waals surface area contributed by atoms with Crippen molar-refractivity contribution in [3.8, 4) is 0 Å². The summed E-state index contributed by atoms with van der Waals surface area (Å²) < 4.78 is 0. The topological polar surface area (TPSA) is 47.9 Å². The van der Waals surface area contributed by atoms with E-state index in [0.717, 1.165) is 45.6 Å². The normalized spacial score (nSPS) is 19.5. The highest BCUT2D eigenvalue weighted by Crippen LogP contribution is 2.16. The largest absolute Gasteiger partial charge is 0.369 e. The van der Waals surface area contributed by atoms with E-state index in [9.17, 15) is 4.79 Å². The summed E-state index contributed by atoms with van der Waals surface area (Å²) in [5, 5.41) is 4.39. The predicted molar refractivity (Wildman–Crippen MR) is 108 cm³/mol. The Bertz CT molecular complexity index is 569. The molecule has 1 saturated carbocycles. The van der Waals surface area contributed by atoms with Crippen molar-refractivity contribution in [1.29, 1.82) is 0 Å². The van der Waals surface area contributed by atoms with Gasteiger partial charge in [0.25, 0.3) is 0 Å². The molecule has 1 aliphatic heterocycles. The van der Waals surface area contributed by atoms with E-state index in [1.807, 2.05) is 0 Å². The molecule has 3 rings (SSSR count). The molecule has 1 N–H and O–H groups in total. The predicted octanol–water partition coefficient (Wildman–Crippen LogP) is 3.42. The van der Waals surface area contributed by atoms with Crippen LogP contribution in [0.2, 0.25) is 0 Å². The van der Waals surface area contributed by atoms with Crippen molar-refractivity contribution in [3.05, 3.63) is 30.3 Å². The van der Waals surface area contributed by atoms with Gasteiger partial charge in [-0.1, -0.05) is 37.5 Å². The third kappa shape index (κ3) is 6.13. The molecule has 26 heavy (non-hydrogen) atoms. The molecular formula is C21H32N4O. The second-order valence-electron chi connectivity index (χ2n) is 7.40. The van der Waals surface area contributed by atoms with Crippen LogP contribution in [-0.2, 0) is 4.79 Å². The number of nitrogens with zero attached hydrogens (tertiary/aromatic N) is 3. The first-order valence-corrected chi connectivity index (χ1v) is 10.2. The molecule has 5 heteroatoms. The molecule has 0 unspecified atom stereocenters. The monoisotopic (exact) mass is 356 g/mol. The van der Waals surface area contributed by atoms with Gasteiger partial charge in [-0.3, -0.25) is 9.69 Å². The van der Waals surface area contributed by atoms with Crippen molar-refractivity contribution in [3.63, 3.8) is 0 Å². The summed E-state index contributed by atoms with van der Waals surface area (Å²) in [4.78, 5) is 16.9. The molecule has 2 fully saturated rings. The molecule has 1 heterocycles. The van der Waals surface area contributed by atoms with E-state index in [0.29, 0.717) is 6.42 Å². The summed E-state index contributed by atoms with van der Waals surface area (Å²) in [5.74, 6) is 0.0463. The fourth-order valence-electron chi connectivity index (χ4n) is 3.75. The Morgan fingerprint density at radius 1 is 0.923 bits per heavy atom. The maximum atomic E-state index is 12.1. The van der Waals surface area contributed by atoms with Crippen molar-refractivity contribution < 1.29 is 4.79 Å². The van der Waals surface area contributed by atoms with Crippen LogP contribution in [0.5, 0.6) is 0 Å². The van der Waals surface area contributed by atoms with Crippen LogP contribution in [0.3, 0.4) is 0 Å². The molecule has 142 valence electrons. The smallest absolute Gasteiger partial charge is 0.241 e. The van der Waals surface area contributed by atoms with E-state index < -0.39 is 0 Å². The zero-order valence-electron chi connectivity index (χ0n) is 15.8. The maximum Gasteiger partial charge on any atom is 0.241 e. The first-order chi connectivity index (χ1) is 12.8. The second-order valence-corrected chi connectivity index (χ2v) is 7.40. The van der Waals surface area contributed by atoms with Gasteiger partial charge in [-0.25, -0.2) is 5.43 Å². The summed E-state index contributed by atoms with van der Waals surface area (Å²) in [6.45, 7) is 4.88. The molecule has 1 aliphatic carbocycles. The van der Waals surface area contributed by atoms with Gasteiger partial charge < -0.3 is 4.90 Å². The number of rotatable bonds is 5. The number of hydrogen-bond donors (Lipinski definition) is 1. The zero-order chi connectivity index (χ0) is 18.0. The van der Waals surface area contributed by atoms with E-state index in [1.165, 1.54) is 43.5 Å². The van der Waals surface area contributed by atoms with Crippen LogP contribution >= 0.6 is 0 Å². The number of carbonyl (C=O) groups is 1. The Kier molecular flexibility index (Phi) is 7.50. The quantitative estimate of drug-likeness (QED) is 0.823. The molecule has 0 aromatic heterocycles. The number of nitrogens with one attached hydrogen (secondary N) is 1. The molecule has 0 spiro atoms. The SMILES string of the molecule is O=C(CCN1CCN(c2ccccc2)CC1)NN=C1CCCCCCC1. The van der Waals surface area contributed by atoms with Gasteiger partial charge in [0.05, 0.1) is 0 Å². The number of para-hydroxylation sites is 1. The third-order valence-electron chi connectivity index (χ3n) is 5.42. The standard InChI is InChI=1S/C21H32N4O/c26-21(23-22-19-9-5-2-1-3-6-10-19)13-14-24-15-17-25(18-16-24)20-11-7-4-8-12-20/h4,7-8,11-12H,1-3,5-6,9-10,13-18H2,(H,23,26). The average Bonchev–Trinajstić information content (AvgIpc) is 2.66. The number of hydrazone groups is 1. The van der Waals surface area contributed by atoms with Crippen molar-refractivity contribution in [1.82, 2.24) is 10.3 Å². The number of amides is 1. The minimum absolute atomic E-state index is 0.0463. The van der Waals surface area contributed by atoms with Crippen LogP contribution in [0.15, 0.2) is 35.4 Å². The second kappa shape index (κ2) is 10.3. The number of carbonyl (C=O) groups excluding carboxylic acids is 1. The van der Waals surface area contributed by atoms with Gasteiger partial charge in [0.2, 0.25) is 5.91 Å². The third-order valence-corrected chi connectivity index (χ3v) is 5.42. The molecule has 0 radical (unpaired) electrons. The minimum atomic E-state index is 0.0463. The molecule has 1 aromatic rings. The first kappa shape index (κ1) is 18.9. The van der Waals surface area contributed by atoms with E-state index in [2.05, 4.69) is 50.7 Å². The molecule has 2 aliphatic rings. The van der Waals surface area contributed by atoms with E-state index in [-0.39, 0.29) is 5.91 Å². The minimum Gasteiger partial charge on any atom is -0.369 e. The molecule has 1 saturated heterocycles. The van der Waals surface area contributed by atoms with Crippen molar-refractivity contribution in [2.45, 2.75) is 51.4 Å². The van der Waals surface area contributed by atoms with Gasteiger partial charge in [0.1, 0.15) is 0 Å². The maximum absolute atomic E-state index is 12.1. The highest BCUT2D eigenvalue weighted by Gasteiger charge is 2.17. The van der Waals surface area contributed by atoms with Crippen LogP contribution in [-0.4, -0.2) is 49.2 Å². The highest BCUT2D eigenvalue weighted by molar-refractivity contribution is 5.86. The number of benzene rings is 1. The summed E-state index contributed by atoms with van der Waals surface area (Å²) in [7, 11) is 0. The van der Waals surface area contributed by atoms with Crippen LogP contribution in [0.25, 0.3) is 0 Å². The van der Waals surface area contributed by atoms with Gasteiger partial charge in [-0.05, 0) is 37.8 Å². The first-order valence-electron chi connectivity index (χ1n) is 10.2. The van der Waals surface area contributed by atoms with Gasteiger partial charge >= 0.3 is 0 Å². The van der Waals surface area contributed by atoms with Crippen molar-refractivity contribution in [2.75, 3.05) is 37.6 Å². The molecule has 0 bridgehead atoms. The van der Waals surface area contributed by atoms with Gasteiger partial charge in [0, 0.05) is 50.5 Å². The molecular weight excluding hydrogens is 324 g/mol. The lowest BCUT2D eigenvalue weighted by molar-refractivity contribution is -0.121. The summed E-state index contributed by atoms with van der Waals surface area (Å²) in [6, 6.07) is 10.6. The van der Waals surface area contributed by atoms with Crippen LogP contribution < -0.4 is 10.3 Å². The van der Waals surface area contributed by atoms with Crippen LogP contribution in [0.1, 0.15) is 51.4 Å². The Morgan fingerprint density at radius 3 is 2.27 bits per heavy atom. The van der Waals surface area contributed by atoms with Crippen molar-refractivity contribution >= 4 is 17.3 Å². The Hall–Kier alpha value is -1.88. The van der Waals surface area contributed by atoms with E-state index >= 15 is 0 Å². The lowest BCUT2D eigenvalue weighted by atomic mass is 9.99. The number of anilines is 1. The fraction of sp³-hybridized carbons (Fsp3) is 0.619. The Balaban J connectivity index is 1.35. The lowest BCUT2D eigenvalue weighted by Gasteiger charge is -2.36. The van der Waals surface area contributed by atoms with Crippen LogP contribution in [0, 0.1) is 0 Å². The molecule has 0 atom stereocenters. The fourth-order valence-corrected chi connectivity index (χ4v) is 3.75.